The van der Waals surface area contributed by atoms with Gasteiger partial charge in [0, 0.05) is 43.6 Å². The third kappa shape index (κ3) is 3.11. The van der Waals surface area contributed by atoms with Crippen molar-refractivity contribution in [1.29, 1.82) is 0 Å². The third-order valence-corrected chi connectivity index (χ3v) is 3.45. The highest BCUT2D eigenvalue weighted by molar-refractivity contribution is 5.46. The monoisotopic (exact) mass is 278 g/mol. The second-order valence-corrected chi connectivity index (χ2v) is 5.13. The molecule has 106 valence electrons. The van der Waals surface area contributed by atoms with Gasteiger partial charge in [0.1, 0.15) is 0 Å². The molecule has 1 aromatic carbocycles. The standard InChI is InChI=1S/C17H18N4/c1-14-12-17(8-10-18-14)20(2)13-15-4-6-16(7-5-15)21-11-3-9-19-21/h3-12H,13H2,1-2H3. The second kappa shape index (κ2) is 5.79. The van der Waals surface area contributed by atoms with Crippen LogP contribution in [0.5, 0.6) is 0 Å². The zero-order chi connectivity index (χ0) is 14.7. The number of aryl methyl sites for hydroxylation is 1. The van der Waals surface area contributed by atoms with E-state index in [1.807, 2.05) is 36.1 Å². The first-order valence-corrected chi connectivity index (χ1v) is 6.95. The predicted octanol–water partition coefficient (Wildman–Crippen LogP) is 3.21. The van der Waals surface area contributed by atoms with Crippen LogP contribution >= 0.6 is 0 Å². The van der Waals surface area contributed by atoms with Gasteiger partial charge in [-0.3, -0.25) is 4.98 Å². The van der Waals surface area contributed by atoms with Gasteiger partial charge in [0.15, 0.2) is 0 Å². The summed E-state index contributed by atoms with van der Waals surface area (Å²) in [4.78, 5) is 6.45. The lowest BCUT2D eigenvalue weighted by Crippen LogP contribution is -2.16. The van der Waals surface area contributed by atoms with Crippen molar-refractivity contribution >= 4 is 5.69 Å². The van der Waals surface area contributed by atoms with Gasteiger partial charge < -0.3 is 4.90 Å². The van der Waals surface area contributed by atoms with E-state index in [0.29, 0.717) is 0 Å². The molecular formula is C17H18N4. The Morgan fingerprint density at radius 2 is 1.90 bits per heavy atom. The van der Waals surface area contributed by atoms with Crippen molar-refractivity contribution in [3.63, 3.8) is 0 Å². The first-order valence-electron chi connectivity index (χ1n) is 6.95. The molecule has 0 aliphatic carbocycles. The molecule has 0 spiro atoms. The molecule has 2 heterocycles. The minimum absolute atomic E-state index is 0.864. The van der Waals surface area contributed by atoms with Crippen LogP contribution in [-0.4, -0.2) is 21.8 Å². The molecule has 0 fully saturated rings. The van der Waals surface area contributed by atoms with Gasteiger partial charge in [0.2, 0.25) is 0 Å². The molecule has 0 unspecified atom stereocenters. The van der Waals surface area contributed by atoms with Crippen LogP contribution in [-0.2, 0) is 6.54 Å². The topological polar surface area (TPSA) is 34.0 Å². The lowest BCUT2D eigenvalue weighted by atomic mass is 10.2. The fourth-order valence-corrected chi connectivity index (χ4v) is 2.31. The van der Waals surface area contributed by atoms with Gasteiger partial charge in [-0.25, -0.2) is 4.68 Å². The first-order chi connectivity index (χ1) is 10.2. The number of aromatic nitrogens is 3. The summed E-state index contributed by atoms with van der Waals surface area (Å²) in [6.45, 7) is 2.87. The van der Waals surface area contributed by atoms with Crippen LogP contribution in [0.1, 0.15) is 11.3 Å². The zero-order valence-electron chi connectivity index (χ0n) is 12.3. The number of benzene rings is 1. The van der Waals surface area contributed by atoms with Crippen molar-refractivity contribution in [3.05, 3.63) is 72.3 Å². The van der Waals surface area contributed by atoms with Crippen LogP contribution in [0.15, 0.2) is 61.1 Å². The van der Waals surface area contributed by atoms with E-state index in [0.717, 1.165) is 17.9 Å². The number of hydrogen-bond acceptors (Lipinski definition) is 3. The van der Waals surface area contributed by atoms with Crippen molar-refractivity contribution in [2.24, 2.45) is 0 Å². The normalized spacial score (nSPS) is 10.6. The van der Waals surface area contributed by atoms with Gasteiger partial charge in [0.05, 0.1) is 5.69 Å². The van der Waals surface area contributed by atoms with E-state index in [2.05, 4.69) is 52.4 Å². The van der Waals surface area contributed by atoms with Crippen LogP contribution in [0.4, 0.5) is 5.69 Å². The molecule has 4 nitrogen and oxygen atoms in total. The Morgan fingerprint density at radius 3 is 2.57 bits per heavy atom. The smallest absolute Gasteiger partial charge is 0.0645 e. The number of hydrogen-bond donors (Lipinski definition) is 0. The molecule has 0 bridgehead atoms. The molecule has 0 aliphatic heterocycles. The highest BCUT2D eigenvalue weighted by Crippen LogP contribution is 2.16. The molecule has 0 atom stereocenters. The van der Waals surface area contributed by atoms with Crippen molar-refractivity contribution in [3.8, 4) is 5.69 Å². The van der Waals surface area contributed by atoms with Gasteiger partial charge in [-0.15, -0.1) is 0 Å². The molecule has 3 aromatic rings. The van der Waals surface area contributed by atoms with E-state index in [4.69, 9.17) is 0 Å². The van der Waals surface area contributed by atoms with Crippen molar-refractivity contribution < 1.29 is 0 Å². The SMILES string of the molecule is Cc1cc(N(C)Cc2ccc(-n3cccn3)cc2)ccn1. The van der Waals surface area contributed by atoms with Crippen molar-refractivity contribution in [1.82, 2.24) is 14.8 Å². The Balaban J connectivity index is 1.73. The van der Waals surface area contributed by atoms with E-state index in [1.165, 1.54) is 11.3 Å². The fraction of sp³-hybridized carbons (Fsp3) is 0.176. The highest BCUT2D eigenvalue weighted by Gasteiger charge is 2.03. The lowest BCUT2D eigenvalue weighted by molar-refractivity contribution is 0.874. The molecule has 0 amide bonds. The van der Waals surface area contributed by atoms with Crippen LogP contribution in [0, 0.1) is 6.92 Å². The zero-order valence-corrected chi connectivity index (χ0v) is 12.3. The van der Waals surface area contributed by atoms with Crippen molar-refractivity contribution in [2.45, 2.75) is 13.5 Å². The van der Waals surface area contributed by atoms with Crippen LogP contribution in [0.25, 0.3) is 5.69 Å². The number of nitrogens with zero attached hydrogens (tertiary/aromatic N) is 4. The van der Waals surface area contributed by atoms with E-state index in [1.54, 1.807) is 6.20 Å². The number of pyridine rings is 1. The maximum atomic E-state index is 4.23. The molecule has 21 heavy (non-hydrogen) atoms. The molecular weight excluding hydrogens is 260 g/mol. The maximum Gasteiger partial charge on any atom is 0.0645 e. The average molecular weight is 278 g/mol. The summed E-state index contributed by atoms with van der Waals surface area (Å²) in [5.41, 5.74) is 4.56. The highest BCUT2D eigenvalue weighted by atomic mass is 15.3. The van der Waals surface area contributed by atoms with Crippen LogP contribution in [0.3, 0.4) is 0 Å². The molecule has 3 rings (SSSR count). The summed E-state index contributed by atoms with van der Waals surface area (Å²) >= 11 is 0. The Hall–Kier alpha value is -2.62. The first kappa shape index (κ1) is 13.4. The van der Waals surface area contributed by atoms with Gasteiger partial charge in [-0.2, -0.15) is 5.10 Å². The molecule has 2 aromatic heterocycles. The minimum Gasteiger partial charge on any atom is -0.370 e. The van der Waals surface area contributed by atoms with E-state index < -0.39 is 0 Å². The second-order valence-electron chi connectivity index (χ2n) is 5.13. The third-order valence-electron chi connectivity index (χ3n) is 3.45. The largest absolute Gasteiger partial charge is 0.370 e. The fourth-order valence-electron chi connectivity index (χ4n) is 2.31. The molecule has 0 radical (unpaired) electrons. The Kier molecular flexibility index (Phi) is 3.69. The number of rotatable bonds is 4. The van der Waals surface area contributed by atoms with Crippen LogP contribution < -0.4 is 4.90 Å². The summed E-state index contributed by atoms with van der Waals surface area (Å²) in [5.74, 6) is 0. The molecule has 0 N–H and O–H groups in total. The van der Waals surface area contributed by atoms with E-state index >= 15 is 0 Å². The summed E-state index contributed by atoms with van der Waals surface area (Å²) in [7, 11) is 2.09. The van der Waals surface area contributed by atoms with Gasteiger partial charge in [-0.1, -0.05) is 12.1 Å². The van der Waals surface area contributed by atoms with E-state index in [-0.39, 0.29) is 0 Å². The average Bonchev–Trinajstić information content (AvgIpc) is 3.02. The van der Waals surface area contributed by atoms with Gasteiger partial charge >= 0.3 is 0 Å². The molecule has 0 aliphatic rings. The lowest BCUT2D eigenvalue weighted by Gasteiger charge is -2.19. The Labute approximate surface area is 124 Å². The summed E-state index contributed by atoms with van der Waals surface area (Å²) in [6.07, 6.45) is 5.58. The maximum absolute atomic E-state index is 4.23. The van der Waals surface area contributed by atoms with E-state index in [9.17, 15) is 0 Å². The molecule has 0 saturated heterocycles. The Bertz CT molecular complexity index is 702. The van der Waals surface area contributed by atoms with Crippen LogP contribution in [0.2, 0.25) is 0 Å². The summed E-state index contributed by atoms with van der Waals surface area (Å²) < 4.78 is 1.86. The quantitative estimate of drug-likeness (QED) is 0.735. The minimum atomic E-state index is 0.864. The molecule has 4 heteroatoms. The van der Waals surface area contributed by atoms with Crippen molar-refractivity contribution in [2.75, 3.05) is 11.9 Å². The van der Waals surface area contributed by atoms with Gasteiger partial charge in [-0.05, 0) is 42.8 Å². The Morgan fingerprint density at radius 1 is 1.10 bits per heavy atom. The predicted molar refractivity (Wildman–Crippen MR) is 84.6 cm³/mol. The van der Waals surface area contributed by atoms with Gasteiger partial charge in [0.25, 0.3) is 0 Å². The molecule has 0 saturated carbocycles. The summed E-state index contributed by atoms with van der Waals surface area (Å²) in [6, 6.07) is 14.5. The number of anilines is 1. The summed E-state index contributed by atoms with van der Waals surface area (Å²) in [5, 5.41) is 4.23.